The number of carbonyl (C=O) groups is 1. The van der Waals surface area contributed by atoms with Gasteiger partial charge in [0.15, 0.2) is 11.5 Å². The molecule has 0 unspecified atom stereocenters. The zero-order chi connectivity index (χ0) is 23.5. The van der Waals surface area contributed by atoms with E-state index in [-0.39, 0.29) is 12.7 Å². The molecule has 2 heterocycles. The molecular weight excluding hydrogens is 428 g/mol. The number of nitrogens with one attached hydrogen (secondary N) is 1. The molecule has 4 aromatic rings. The molecule has 1 aliphatic rings. The summed E-state index contributed by atoms with van der Waals surface area (Å²) in [5.74, 6) is 1.99. The molecule has 0 radical (unpaired) electrons. The molecule has 0 atom stereocenters. The maximum Gasteiger partial charge on any atom is 0.268 e. The molecular formula is C28H26N2O4. The van der Waals surface area contributed by atoms with Crippen LogP contribution in [0.25, 0.3) is 10.9 Å². The zero-order valence-electron chi connectivity index (χ0n) is 19.0. The van der Waals surface area contributed by atoms with Crippen molar-refractivity contribution in [2.24, 2.45) is 0 Å². The molecule has 1 amide bonds. The topological polar surface area (TPSA) is 61.7 Å². The third kappa shape index (κ3) is 4.35. The van der Waals surface area contributed by atoms with Gasteiger partial charge in [0.05, 0.1) is 5.52 Å². The van der Waals surface area contributed by atoms with Crippen molar-refractivity contribution in [1.82, 2.24) is 9.88 Å². The van der Waals surface area contributed by atoms with E-state index in [1.165, 1.54) is 5.56 Å². The van der Waals surface area contributed by atoms with Crippen molar-refractivity contribution in [3.8, 4) is 17.2 Å². The lowest BCUT2D eigenvalue weighted by Gasteiger charge is -2.12. The monoisotopic (exact) mass is 454 g/mol. The maximum atomic E-state index is 13.4. The van der Waals surface area contributed by atoms with Crippen LogP contribution in [-0.4, -0.2) is 23.9 Å². The molecule has 0 bridgehead atoms. The van der Waals surface area contributed by atoms with E-state index in [1.807, 2.05) is 47.0 Å². The second-order valence-corrected chi connectivity index (χ2v) is 8.26. The molecule has 1 aromatic heterocycles. The quantitative estimate of drug-likeness (QED) is 0.371. The number of hydrogen-bond acceptors (Lipinski definition) is 4. The molecule has 0 saturated heterocycles. The number of aromatic nitrogens is 1. The summed E-state index contributed by atoms with van der Waals surface area (Å²) in [6.07, 6.45) is 1.71. The molecule has 3 aromatic carbocycles. The van der Waals surface area contributed by atoms with Gasteiger partial charge in [-0.25, -0.2) is 0 Å². The predicted octanol–water partition coefficient (Wildman–Crippen LogP) is 5.22. The average molecular weight is 455 g/mol. The Morgan fingerprint density at radius 3 is 2.68 bits per heavy atom. The fourth-order valence-electron chi connectivity index (χ4n) is 4.09. The number of aryl methyl sites for hydroxylation is 1. The first-order valence-corrected chi connectivity index (χ1v) is 11.2. The van der Waals surface area contributed by atoms with Crippen LogP contribution < -0.4 is 19.5 Å². The summed E-state index contributed by atoms with van der Waals surface area (Å²) >= 11 is 0. The van der Waals surface area contributed by atoms with Crippen molar-refractivity contribution >= 4 is 16.8 Å². The Morgan fingerprint density at radius 2 is 1.85 bits per heavy atom. The number of amides is 1. The largest absolute Gasteiger partial charge is 0.489 e. The third-order valence-corrected chi connectivity index (χ3v) is 5.85. The van der Waals surface area contributed by atoms with E-state index in [4.69, 9.17) is 14.2 Å². The summed E-state index contributed by atoms with van der Waals surface area (Å²) in [5, 5.41) is 3.95. The highest BCUT2D eigenvalue weighted by atomic mass is 16.7. The van der Waals surface area contributed by atoms with E-state index in [9.17, 15) is 4.79 Å². The van der Waals surface area contributed by atoms with Gasteiger partial charge in [0.2, 0.25) is 6.79 Å². The minimum absolute atomic E-state index is 0.157. The number of nitrogens with zero attached hydrogens (tertiary/aromatic N) is 1. The summed E-state index contributed by atoms with van der Waals surface area (Å²) in [6, 6.07) is 21.8. The van der Waals surface area contributed by atoms with Crippen molar-refractivity contribution in [3.63, 3.8) is 0 Å². The number of benzene rings is 3. The van der Waals surface area contributed by atoms with Gasteiger partial charge in [0, 0.05) is 18.5 Å². The second-order valence-electron chi connectivity index (χ2n) is 8.26. The van der Waals surface area contributed by atoms with Gasteiger partial charge in [-0.1, -0.05) is 54.6 Å². The van der Waals surface area contributed by atoms with Gasteiger partial charge in [-0.3, -0.25) is 4.79 Å². The summed E-state index contributed by atoms with van der Waals surface area (Å²) in [4.78, 5) is 13.4. The minimum Gasteiger partial charge on any atom is -0.489 e. The first-order valence-electron chi connectivity index (χ1n) is 11.2. The lowest BCUT2D eigenvalue weighted by atomic mass is 10.1. The maximum absolute atomic E-state index is 13.4. The van der Waals surface area contributed by atoms with E-state index < -0.39 is 0 Å². The van der Waals surface area contributed by atoms with Crippen LogP contribution in [0.2, 0.25) is 0 Å². The Labute approximate surface area is 198 Å². The molecule has 0 spiro atoms. The number of fused-ring (bicyclic) bond motifs is 2. The van der Waals surface area contributed by atoms with Crippen molar-refractivity contribution in [1.29, 1.82) is 0 Å². The Balaban J connectivity index is 1.46. The van der Waals surface area contributed by atoms with Crippen molar-refractivity contribution in [2.45, 2.75) is 20.0 Å². The first-order chi connectivity index (χ1) is 16.6. The molecule has 6 heteroatoms. The highest BCUT2D eigenvalue weighted by Gasteiger charge is 2.19. The van der Waals surface area contributed by atoms with Crippen LogP contribution in [0.1, 0.15) is 27.2 Å². The van der Waals surface area contributed by atoms with Crippen LogP contribution in [0, 0.1) is 6.92 Å². The van der Waals surface area contributed by atoms with E-state index in [2.05, 4.69) is 43.1 Å². The van der Waals surface area contributed by atoms with E-state index >= 15 is 0 Å². The predicted molar refractivity (Wildman–Crippen MR) is 132 cm³/mol. The third-order valence-electron chi connectivity index (χ3n) is 5.85. The molecule has 0 aliphatic carbocycles. The van der Waals surface area contributed by atoms with Gasteiger partial charge < -0.3 is 24.1 Å². The van der Waals surface area contributed by atoms with Gasteiger partial charge in [-0.15, -0.1) is 0 Å². The number of ether oxygens (including phenoxy) is 3. The fraction of sp³-hybridized carbons (Fsp3) is 0.179. The smallest absolute Gasteiger partial charge is 0.268 e. The molecule has 0 saturated carbocycles. The highest BCUT2D eigenvalue weighted by Crippen LogP contribution is 2.33. The van der Waals surface area contributed by atoms with Crippen molar-refractivity contribution in [2.75, 3.05) is 13.4 Å². The Bertz CT molecular complexity index is 1360. The van der Waals surface area contributed by atoms with Gasteiger partial charge in [0.25, 0.3) is 5.91 Å². The Morgan fingerprint density at radius 1 is 1.06 bits per heavy atom. The highest BCUT2D eigenvalue weighted by molar-refractivity contribution is 6.00. The number of carbonyl (C=O) groups excluding carboxylic acids is 1. The summed E-state index contributed by atoms with van der Waals surface area (Å²) < 4.78 is 18.7. The molecule has 1 N–H and O–H groups in total. The molecule has 172 valence electrons. The molecule has 34 heavy (non-hydrogen) atoms. The standard InChI is InChI=1S/C28H26N2O4/c1-3-13-32-25-6-4-5-23-22(25)15-24(30(23)17-20-9-7-19(2)8-10-20)28(31)29-16-21-11-12-26-27(14-21)34-18-33-26/h3-12,14-15H,1,13,16-18H2,2H3,(H,29,31). The van der Waals surface area contributed by atoms with Gasteiger partial charge in [-0.2, -0.15) is 0 Å². The first kappa shape index (κ1) is 21.6. The average Bonchev–Trinajstić information content (AvgIpc) is 3.47. The molecule has 1 aliphatic heterocycles. The zero-order valence-corrected chi connectivity index (χ0v) is 19.0. The summed E-state index contributed by atoms with van der Waals surface area (Å²) in [6.45, 7) is 7.36. The normalized spacial score (nSPS) is 12.0. The summed E-state index contributed by atoms with van der Waals surface area (Å²) in [5.41, 5.74) is 4.77. The Hall–Kier alpha value is -4.19. The Kier molecular flexibility index (Phi) is 5.95. The van der Waals surface area contributed by atoms with Crippen LogP contribution in [0.4, 0.5) is 0 Å². The number of rotatable bonds is 8. The SMILES string of the molecule is C=CCOc1cccc2c1cc(C(=O)NCc1ccc3c(c1)OCO3)n2Cc1ccc(C)cc1. The van der Waals surface area contributed by atoms with Crippen molar-refractivity contribution < 1.29 is 19.0 Å². The fourth-order valence-corrected chi connectivity index (χ4v) is 4.09. The van der Waals surface area contributed by atoms with Gasteiger partial charge in [-0.05, 0) is 48.4 Å². The summed E-state index contributed by atoms with van der Waals surface area (Å²) in [7, 11) is 0. The number of hydrogen-bond donors (Lipinski definition) is 1. The van der Waals surface area contributed by atoms with E-state index in [1.54, 1.807) is 6.08 Å². The van der Waals surface area contributed by atoms with Crippen LogP contribution in [0.3, 0.4) is 0 Å². The second kappa shape index (κ2) is 9.35. The van der Waals surface area contributed by atoms with Crippen LogP contribution >= 0.6 is 0 Å². The van der Waals surface area contributed by atoms with Gasteiger partial charge >= 0.3 is 0 Å². The van der Waals surface area contributed by atoms with Crippen LogP contribution in [0.5, 0.6) is 17.2 Å². The van der Waals surface area contributed by atoms with E-state index in [0.29, 0.717) is 31.1 Å². The molecule has 6 nitrogen and oxygen atoms in total. The lowest BCUT2D eigenvalue weighted by Crippen LogP contribution is -2.25. The minimum atomic E-state index is -0.157. The molecule has 0 fully saturated rings. The van der Waals surface area contributed by atoms with Gasteiger partial charge in [0.1, 0.15) is 18.1 Å². The lowest BCUT2D eigenvalue weighted by molar-refractivity contribution is 0.0942. The van der Waals surface area contributed by atoms with Crippen LogP contribution in [-0.2, 0) is 13.1 Å². The van der Waals surface area contributed by atoms with Crippen molar-refractivity contribution in [3.05, 3.63) is 102 Å². The molecule has 5 rings (SSSR count). The van der Waals surface area contributed by atoms with E-state index in [0.717, 1.165) is 33.5 Å². The van der Waals surface area contributed by atoms with Crippen LogP contribution in [0.15, 0.2) is 79.4 Å².